The average molecular weight is 224 g/mol. The first-order valence-electron chi connectivity index (χ1n) is 5.24. The van der Waals surface area contributed by atoms with Crippen LogP contribution in [0.25, 0.3) is 0 Å². The van der Waals surface area contributed by atoms with E-state index in [2.05, 4.69) is 0 Å². The molecule has 16 heavy (non-hydrogen) atoms. The molecule has 0 aromatic heterocycles. The molecule has 2 nitrogen and oxygen atoms in total. The molecule has 0 radical (unpaired) electrons. The molecule has 0 fully saturated rings. The highest BCUT2D eigenvalue weighted by Crippen LogP contribution is 2.25. The van der Waals surface area contributed by atoms with Crippen molar-refractivity contribution in [3.63, 3.8) is 0 Å². The van der Waals surface area contributed by atoms with Gasteiger partial charge in [-0.2, -0.15) is 0 Å². The third-order valence-corrected chi connectivity index (χ3v) is 2.15. The highest BCUT2D eigenvalue weighted by Gasteiger charge is 2.09. The zero-order valence-electron chi connectivity index (χ0n) is 9.83. The van der Waals surface area contributed by atoms with Crippen molar-refractivity contribution in [3.05, 3.63) is 41.2 Å². The first-order chi connectivity index (χ1) is 7.50. The van der Waals surface area contributed by atoms with Gasteiger partial charge in [0.25, 0.3) is 0 Å². The van der Waals surface area contributed by atoms with Gasteiger partial charge in [0.15, 0.2) is 0 Å². The second-order valence-electron chi connectivity index (χ2n) is 3.95. The van der Waals surface area contributed by atoms with Crippen molar-refractivity contribution in [1.29, 1.82) is 0 Å². The molecule has 0 bridgehead atoms. The van der Waals surface area contributed by atoms with E-state index in [1.54, 1.807) is 6.92 Å². The summed E-state index contributed by atoms with van der Waals surface area (Å²) in [5.41, 5.74) is 1.63. The van der Waals surface area contributed by atoms with E-state index in [1.807, 2.05) is 19.9 Å². The van der Waals surface area contributed by atoms with Gasteiger partial charge < -0.3 is 9.84 Å². The van der Waals surface area contributed by atoms with Crippen molar-refractivity contribution >= 4 is 0 Å². The van der Waals surface area contributed by atoms with Crippen LogP contribution in [0.2, 0.25) is 0 Å². The number of aliphatic hydroxyl groups is 1. The maximum Gasteiger partial charge on any atom is 0.125 e. The van der Waals surface area contributed by atoms with Crippen LogP contribution in [-0.2, 0) is 0 Å². The Balaban J connectivity index is 2.82. The summed E-state index contributed by atoms with van der Waals surface area (Å²) in [6.45, 7) is 5.96. The zero-order chi connectivity index (χ0) is 12.1. The molecule has 1 unspecified atom stereocenters. The number of ether oxygens (including phenoxy) is 1. The summed E-state index contributed by atoms with van der Waals surface area (Å²) in [6, 6.07) is 4.16. The lowest BCUT2D eigenvalue weighted by molar-refractivity contribution is 0.192. The molecule has 0 saturated heterocycles. The fourth-order valence-electron chi connectivity index (χ4n) is 1.28. The van der Waals surface area contributed by atoms with Gasteiger partial charge in [0.2, 0.25) is 0 Å². The fourth-order valence-corrected chi connectivity index (χ4v) is 1.28. The fraction of sp³-hybridized carbons (Fsp3) is 0.385. The lowest BCUT2D eigenvalue weighted by atomic mass is 10.1. The van der Waals surface area contributed by atoms with E-state index < -0.39 is 6.10 Å². The van der Waals surface area contributed by atoms with Gasteiger partial charge in [-0.3, -0.25) is 0 Å². The molecule has 1 aromatic carbocycles. The predicted octanol–water partition coefficient (Wildman–Crippen LogP) is 3.22. The number of hydrogen-bond donors (Lipinski definition) is 1. The molecule has 1 aromatic rings. The number of benzene rings is 1. The molecule has 3 heteroatoms. The summed E-state index contributed by atoms with van der Waals surface area (Å²) in [5.74, 6) is 0.152. The molecule has 0 aliphatic carbocycles. The molecule has 0 heterocycles. The van der Waals surface area contributed by atoms with Gasteiger partial charge in [0, 0.05) is 5.56 Å². The maximum absolute atomic E-state index is 13.0. The van der Waals surface area contributed by atoms with Crippen molar-refractivity contribution in [2.45, 2.75) is 26.9 Å². The van der Waals surface area contributed by atoms with Gasteiger partial charge in [0.05, 0.1) is 6.10 Å². The Kier molecular flexibility index (Phi) is 4.50. The van der Waals surface area contributed by atoms with Gasteiger partial charge in [-0.25, -0.2) is 4.39 Å². The van der Waals surface area contributed by atoms with E-state index in [-0.39, 0.29) is 5.82 Å². The average Bonchev–Trinajstić information content (AvgIpc) is 2.19. The van der Waals surface area contributed by atoms with E-state index in [1.165, 1.54) is 18.2 Å². The van der Waals surface area contributed by atoms with Crippen LogP contribution in [0.1, 0.15) is 32.4 Å². The number of allylic oxidation sites excluding steroid dienone is 1. The first-order valence-corrected chi connectivity index (χ1v) is 5.24. The number of halogens is 1. The number of aliphatic hydroxyl groups excluding tert-OH is 1. The Labute approximate surface area is 95.4 Å². The van der Waals surface area contributed by atoms with Crippen LogP contribution < -0.4 is 4.74 Å². The van der Waals surface area contributed by atoms with Gasteiger partial charge in [-0.1, -0.05) is 5.57 Å². The second kappa shape index (κ2) is 5.66. The molecule has 88 valence electrons. The predicted molar refractivity (Wildman–Crippen MR) is 62.0 cm³/mol. The Hall–Kier alpha value is -1.35. The lowest BCUT2D eigenvalue weighted by Gasteiger charge is -2.12. The van der Waals surface area contributed by atoms with Crippen molar-refractivity contribution in [2.75, 3.05) is 6.61 Å². The molecule has 0 aliphatic rings. The molecule has 1 N–H and O–H groups in total. The molecule has 0 aliphatic heterocycles. The SMILES string of the molecule is CC(C)=CCOc1ccc(F)cc1C(C)O. The maximum atomic E-state index is 13.0. The van der Waals surface area contributed by atoms with Gasteiger partial charge in [-0.15, -0.1) is 0 Å². The van der Waals surface area contributed by atoms with Crippen LogP contribution in [0, 0.1) is 5.82 Å². The van der Waals surface area contributed by atoms with Crippen LogP contribution >= 0.6 is 0 Å². The number of rotatable bonds is 4. The molecule has 0 saturated carbocycles. The Bertz CT molecular complexity index is 380. The summed E-state index contributed by atoms with van der Waals surface area (Å²) in [7, 11) is 0. The first kappa shape index (κ1) is 12.7. The van der Waals surface area contributed by atoms with E-state index in [9.17, 15) is 9.50 Å². The third kappa shape index (κ3) is 3.66. The standard InChI is InChI=1S/C13H17FO2/c1-9(2)6-7-16-13-5-4-11(14)8-12(13)10(3)15/h4-6,8,10,15H,7H2,1-3H3. The normalized spacial score (nSPS) is 12.1. The second-order valence-corrected chi connectivity index (χ2v) is 3.95. The largest absolute Gasteiger partial charge is 0.489 e. The summed E-state index contributed by atoms with van der Waals surface area (Å²) < 4.78 is 18.4. The van der Waals surface area contributed by atoms with Crippen molar-refractivity contribution in [1.82, 2.24) is 0 Å². The smallest absolute Gasteiger partial charge is 0.125 e. The van der Waals surface area contributed by atoms with Crippen LogP contribution in [0.15, 0.2) is 29.8 Å². The van der Waals surface area contributed by atoms with E-state index in [0.717, 1.165) is 5.57 Å². The Morgan fingerprint density at radius 2 is 2.19 bits per heavy atom. The van der Waals surface area contributed by atoms with Crippen molar-refractivity contribution in [2.24, 2.45) is 0 Å². The minimum atomic E-state index is -0.739. The van der Waals surface area contributed by atoms with Crippen molar-refractivity contribution in [3.8, 4) is 5.75 Å². The van der Waals surface area contributed by atoms with Crippen molar-refractivity contribution < 1.29 is 14.2 Å². The molecule has 0 amide bonds. The van der Waals surface area contributed by atoms with Crippen LogP contribution in [0.4, 0.5) is 4.39 Å². The summed E-state index contributed by atoms with van der Waals surface area (Å²) in [5, 5.41) is 9.48. The van der Waals surface area contributed by atoms with Crippen LogP contribution in [-0.4, -0.2) is 11.7 Å². The lowest BCUT2D eigenvalue weighted by Crippen LogP contribution is -2.01. The molecular weight excluding hydrogens is 207 g/mol. The minimum absolute atomic E-state index is 0.370. The third-order valence-electron chi connectivity index (χ3n) is 2.15. The van der Waals surface area contributed by atoms with Gasteiger partial charge >= 0.3 is 0 Å². The Morgan fingerprint density at radius 3 is 2.75 bits per heavy atom. The van der Waals surface area contributed by atoms with Gasteiger partial charge in [-0.05, 0) is 45.0 Å². The Morgan fingerprint density at radius 1 is 1.50 bits per heavy atom. The zero-order valence-corrected chi connectivity index (χ0v) is 9.83. The van der Waals surface area contributed by atoms with Crippen LogP contribution in [0.5, 0.6) is 5.75 Å². The van der Waals surface area contributed by atoms with E-state index >= 15 is 0 Å². The quantitative estimate of drug-likeness (QED) is 0.796. The summed E-state index contributed by atoms with van der Waals surface area (Å²) in [4.78, 5) is 0. The highest BCUT2D eigenvalue weighted by molar-refractivity contribution is 5.35. The summed E-state index contributed by atoms with van der Waals surface area (Å²) in [6.07, 6.45) is 1.19. The van der Waals surface area contributed by atoms with E-state index in [4.69, 9.17) is 4.74 Å². The van der Waals surface area contributed by atoms with E-state index in [0.29, 0.717) is 17.9 Å². The monoisotopic (exact) mass is 224 g/mol. The molecule has 0 spiro atoms. The minimum Gasteiger partial charge on any atom is -0.489 e. The van der Waals surface area contributed by atoms with Gasteiger partial charge in [0.1, 0.15) is 18.2 Å². The molecule has 1 atom stereocenters. The topological polar surface area (TPSA) is 29.5 Å². The summed E-state index contributed by atoms with van der Waals surface area (Å²) >= 11 is 0. The number of hydrogen-bond acceptors (Lipinski definition) is 2. The molecular formula is C13H17FO2. The molecule has 1 rings (SSSR count). The highest BCUT2D eigenvalue weighted by atomic mass is 19.1. The van der Waals surface area contributed by atoms with Crippen LogP contribution in [0.3, 0.4) is 0 Å².